The van der Waals surface area contributed by atoms with Gasteiger partial charge in [-0.1, -0.05) is 52.0 Å². The molecule has 2 amide bonds. The van der Waals surface area contributed by atoms with Crippen molar-refractivity contribution in [2.75, 3.05) is 61.2 Å². The number of carbonyl (C=O) groups is 4. The summed E-state index contributed by atoms with van der Waals surface area (Å²) in [7, 11) is 6.49. The maximum Gasteiger partial charge on any atom is 0.303 e. The van der Waals surface area contributed by atoms with Crippen LogP contribution in [-0.2, 0) is 32.0 Å². The summed E-state index contributed by atoms with van der Waals surface area (Å²) in [6.07, 6.45) is 9.03. The van der Waals surface area contributed by atoms with E-state index in [2.05, 4.69) is 19.2 Å². The number of hydrogen-bond donors (Lipinski definition) is 3. The van der Waals surface area contributed by atoms with Crippen LogP contribution < -0.4 is 24.3 Å². The molecule has 0 saturated heterocycles. The molecule has 296 valence electrons. The molecule has 2 aromatic rings. The Morgan fingerprint density at radius 2 is 1.38 bits per heavy atom. The molecule has 53 heavy (non-hydrogen) atoms. The fourth-order valence-electron chi connectivity index (χ4n) is 6.28. The van der Waals surface area contributed by atoms with Crippen LogP contribution in [0, 0.1) is 0 Å². The van der Waals surface area contributed by atoms with E-state index >= 15 is 0 Å². The van der Waals surface area contributed by atoms with Gasteiger partial charge in [0.1, 0.15) is 0 Å². The highest BCUT2D eigenvalue weighted by Gasteiger charge is 2.34. The first-order chi connectivity index (χ1) is 25.5. The lowest BCUT2D eigenvalue weighted by Gasteiger charge is -2.39. The molecule has 1 heterocycles. The lowest BCUT2D eigenvalue weighted by molar-refractivity contribution is -0.142. The number of aliphatic carboxylic acids is 2. The van der Waals surface area contributed by atoms with Gasteiger partial charge in [0.15, 0.2) is 23.0 Å². The molecule has 0 bridgehead atoms. The van der Waals surface area contributed by atoms with Crippen LogP contribution in [0.5, 0.6) is 23.0 Å². The number of methoxy groups -OCH3 is 4. The van der Waals surface area contributed by atoms with Crippen LogP contribution in [0.25, 0.3) is 0 Å². The summed E-state index contributed by atoms with van der Waals surface area (Å²) in [4.78, 5) is 50.7. The van der Waals surface area contributed by atoms with Gasteiger partial charge in [-0.15, -0.1) is 0 Å². The van der Waals surface area contributed by atoms with E-state index in [0.29, 0.717) is 48.9 Å². The Morgan fingerprint density at radius 1 is 0.774 bits per heavy atom. The highest BCUT2D eigenvalue weighted by molar-refractivity contribution is 5.86. The molecule has 13 nitrogen and oxygen atoms in total. The average Bonchev–Trinajstić information content (AvgIpc) is 3.15. The van der Waals surface area contributed by atoms with Gasteiger partial charge in [0.25, 0.3) is 0 Å². The Bertz CT molecular complexity index is 1440. The van der Waals surface area contributed by atoms with E-state index in [-0.39, 0.29) is 50.2 Å². The predicted octanol–water partition coefficient (Wildman–Crippen LogP) is 5.90. The molecule has 0 saturated carbocycles. The zero-order valence-electron chi connectivity index (χ0n) is 32.5. The normalized spacial score (nSPS) is 13.2. The van der Waals surface area contributed by atoms with Gasteiger partial charge in [0, 0.05) is 25.9 Å². The second kappa shape index (κ2) is 24.7. The lowest BCUT2D eigenvalue weighted by atomic mass is 9.88. The van der Waals surface area contributed by atoms with Crippen molar-refractivity contribution in [2.24, 2.45) is 0 Å². The van der Waals surface area contributed by atoms with E-state index in [1.54, 1.807) is 33.3 Å². The first-order valence-electron chi connectivity index (χ1n) is 18.7. The van der Waals surface area contributed by atoms with Crippen LogP contribution in [0.4, 0.5) is 0 Å². The van der Waals surface area contributed by atoms with Crippen LogP contribution in [0.3, 0.4) is 0 Å². The van der Waals surface area contributed by atoms with Gasteiger partial charge < -0.3 is 44.3 Å². The van der Waals surface area contributed by atoms with Gasteiger partial charge in [0.2, 0.25) is 11.8 Å². The zero-order valence-corrected chi connectivity index (χ0v) is 32.5. The highest BCUT2D eigenvalue weighted by atomic mass is 16.5. The number of fused-ring (bicyclic) bond motifs is 1. The van der Waals surface area contributed by atoms with Crippen LogP contribution in [0.1, 0.15) is 101 Å². The molecule has 0 spiro atoms. The quantitative estimate of drug-likeness (QED) is 0.116. The largest absolute Gasteiger partial charge is 0.493 e. The Morgan fingerprint density at radius 3 is 1.98 bits per heavy atom. The van der Waals surface area contributed by atoms with Crippen molar-refractivity contribution >= 4 is 23.8 Å². The number of benzene rings is 2. The number of nitrogens with one attached hydrogen (secondary N) is 1. The predicted molar refractivity (Wildman–Crippen MR) is 203 cm³/mol. The first kappa shape index (κ1) is 44.6. The fourth-order valence-corrected chi connectivity index (χ4v) is 6.28. The number of carboxylic acids is 2. The molecular formula is C40H61N3O10. The summed E-state index contributed by atoms with van der Waals surface area (Å²) in [6.45, 7) is 6.49. The summed E-state index contributed by atoms with van der Waals surface area (Å²) >= 11 is 0. The van der Waals surface area contributed by atoms with Crippen LogP contribution >= 0.6 is 0 Å². The molecule has 0 fully saturated rings. The second-order valence-electron chi connectivity index (χ2n) is 13.1. The van der Waals surface area contributed by atoms with Crippen LogP contribution in [-0.4, -0.2) is 105 Å². The molecule has 13 heteroatoms. The standard InChI is InChI=1S/C35H53N3O6.C5H8O4/c1-7-9-10-11-12-13-18-37(34(39)24-36-17-8-2)25-35(40)38-19-16-27-22-32(43-5)33(44-6)23-28(27)29(38)20-26-14-15-30(41-3)31(21-26)42-4;6-4(7)2-1-3-5(8)9/h14-15,21-23,29,36H,7-13,16-20,24-25H2,1-6H3;1-3H2,(H,6,7)(H,8,9). The minimum Gasteiger partial charge on any atom is -0.493 e. The SMILES string of the molecule is CCCCCCCCN(CC(=O)N1CCc2cc(OC)c(OC)cc2C1Cc1ccc(OC)c(OC)c1)C(=O)CNCCC.O=C(O)CCCC(=O)O. The van der Waals surface area contributed by atoms with Crippen molar-refractivity contribution in [3.8, 4) is 23.0 Å². The number of nitrogens with zero attached hydrogens (tertiary/aromatic N) is 2. The van der Waals surface area contributed by atoms with Crippen molar-refractivity contribution in [1.82, 2.24) is 15.1 Å². The number of amides is 2. The Balaban J connectivity index is 0.000000953. The molecule has 1 unspecified atom stereocenters. The van der Waals surface area contributed by atoms with Gasteiger partial charge >= 0.3 is 11.9 Å². The summed E-state index contributed by atoms with van der Waals surface area (Å²) in [6, 6.07) is 9.62. The van der Waals surface area contributed by atoms with Crippen molar-refractivity contribution < 1.29 is 48.3 Å². The van der Waals surface area contributed by atoms with E-state index in [1.807, 2.05) is 35.2 Å². The van der Waals surface area contributed by atoms with Gasteiger partial charge in [-0.05, 0) is 79.6 Å². The zero-order chi connectivity index (χ0) is 39.2. The van der Waals surface area contributed by atoms with Gasteiger partial charge in [-0.25, -0.2) is 0 Å². The van der Waals surface area contributed by atoms with Crippen molar-refractivity contribution in [3.05, 3.63) is 47.0 Å². The van der Waals surface area contributed by atoms with Crippen molar-refractivity contribution in [1.29, 1.82) is 0 Å². The summed E-state index contributed by atoms with van der Waals surface area (Å²) in [5.74, 6) is 0.617. The van der Waals surface area contributed by atoms with Crippen LogP contribution in [0.2, 0.25) is 0 Å². The molecule has 0 aromatic heterocycles. The number of rotatable bonds is 23. The maximum atomic E-state index is 14.1. The average molecular weight is 744 g/mol. The third-order valence-electron chi connectivity index (χ3n) is 9.14. The number of hydrogen-bond acceptors (Lipinski definition) is 9. The lowest BCUT2D eigenvalue weighted by Crippen LogP contribution is -2.49. The Labute approximate surface area is 314 Å². The highest BCUT2D eigenvalue weighted by Crippen LogP contribution is 2.40. The molecule has 0 aliphatic carbocycles. The smallest absolute Gasteiger partial charge is 0.303 e. The van der Waals surface area contributed by atoms with E-state index in [4.69, 9.17) is 29.2 Å². The summed E-state index contributed by atoms with van der Waals surface area (Å²) < 4.78 is 22.3. The number of unbranched alkanes of at least 4 members (excludes halogenated alkanes) is 5. The van der Waals surface area contributed by atoms with E-state index in [9.17, 15) is 19.2 Å². The van der Waals surface area contributed by atoms with E-state index in [0.717, 1.165) is 48.9 Å². The molecule has 1 atom stereocenters. The molecule has 2 aromatic carbocycles. The monoisotopic (exact) mass is 743 g/mol. The molecule has 1 aliphatic rings. The molecule has 1 aliphatic heterocycles. The topological polar surface area (TPSA) is 164 Å². The van der Waals surface area contributed by atoms with Crippen LogP contribution in [0.15, 0.2) is 30.3 Å². The minimum absolute atomic E-state index is 0.0272. The number of carboxylic acid groups (broad SMARTS) is 2. The third-order valence-corrected chi connectivity index (χ3v) is 9.14. The van der Waals surface area contributed by atoms with Crippen molar-refractivity contribution in [2.45, 2.75) is 96.9 Å². The summed E-state index contributed by atoms with van der Waals surface area (Å²) in [5, 5.41) is 19.3. The van der Waals surface area contributed by atoms with Crippen molar-refractivity contribution in [3.63, 3.8) is 0 Å². The van der Waals surface area contributed by atoms with Gasteiger partial charge in [-0.2, -0.15) is 0 Å². The number of ether oxygens (including phenoxy) is 4. The maximum absolute atomic E-state index is 14.1. The Kier molecular flexibility index (Phi) is 20.8. The fraction of sp³-hybridized carbons (Fsp3) is 0.600. The molecular weight excluding hydrogens is 682 g/mol. The number of carbonyl (C=O) groups excluding carboxylic acids is 2. The third kappa shape index (κ3) is 15.2. The molecule has 3 rings (SSSR count). The molecule has 0 radical (unpaired) electrons. The van der Waals surface area contributed by atoms with E-state index in [1.165, 1.54) is 19.3 Å². The molecule has 3 N–H and O–H groups in total. The second-order valence-corrected chi connectivity index (χ2v) is 13.1. The van der Waals surface area contributed by atoms with E-state index < -0.39 is 11.9 Å². The van der Waals surface area contributed by atoms with Gasteiger partial charge in [0.05, 0.1) is 47.6 Å². The minimum atomic E-state index is -0.948. The summed E-state index contributed by atoms with van der Waals surface area (Å²) in [5.41, 5.74) is 3.16. The first-order valence-corrected chi connectivity index (χ1v) is 18.7. The Hall–Kier alpha value is -4.52. The van der Waals surface area contributed by atoms with Gasteiger partial charge in [-0.3, -0.25) is 19.2 Å².